The Labute approximate surface area is 180 Å². The molecule has 1 heterocycles. The third-order valence-corrected chi connectivity index (χ3v) is 6.07. The van der Waals surface area contributed by atoms with Crippen LogP contribution in [-0.2, 0) is 11.8 Å². The van der Waals surface area contributed by atoms with E-state index in [4.69, 9.17) is 16.3 Å². The number of ether oxygens (including phenoxy) is 1. The summed E-state index contributed by atoms with van der Waals surface area (Å²) >= 11 is 5.91. The number of nitrogens with zero attached hydrogens (tertiary/aromatic N) is 1. The van der Waals surface area contributed by atoms with Crippen LogP contribution in [0.15, 0.2) is 48.5 Å². The molecule has 3 rings (SSSR count). The van der Waals surface area contributed by atoms with Crippen LogP contribution in [0.3, 0.4) is 0 Å². The average Bonchev–Trinajstić information content (AvgIpc) is 2.69. The van der Waals surface area contributed by atoms with Crippen molar-refractivity contribution in [2.75, 3.05) is 19.6 Å². The first-order chi connectivity index (χ1) is 14.0. The first-order valence-corrected chi connectivity index (χ1v) is 10.4. The first-order valence-electron chi connectivity index (χ1n) is 10.0. The minimum atomic E-state index is -4.49. The van der Waals surface area contributed by atoms with Gasteiger partial charge < -0.3 is 14.7 Å². The lowest BCUT2D eigenvalue weighted by molar-refractivity contribution is -0.140. The van der Waals surface area contributed by atoms with Crippen molar-refractivity contribution in [2.24, 2.45) is 0 Å². The molecule has 1 aliphatic heterocycles. The molecule has 1 fully saturated rings. The topological polar surface area (TPSA) is 32.7 Å². The van der Waals surface area contributed by atoms with Crippen molar-refractivity contribution < 1.29 is 23.0 Å². The van der Waals surface area contributed by atoms with E-state index in [1.807, 2.05) is 12.1 Å². The normalized spacial score (nSPS) is 19.3. The molecule has 3 nitrogen and oxygen atoms in total. The second-order valence-corrected chi connectivity index (χ2v) is 8.85. The summed E-state index contributed by atoms with van der Waals surface area (Å²) in [4.78, 5) is 2.16. The van der Waals surface area contributed by atoms with Crippen molar-refractivity contribution in [1.82, 2.24) is 4.90 Å². The number of alkyl halides is 3. The summed E-state index contributed by atoms with van der Waals surface area (Å²) in [5.41, 5.74) is -2.73. The highest BCUT2D eigenvalue weighted by atomic mass is 35.5. The number of benzene rings is 2. The van der Waals surface area contributed by atoms with E-state index in [9.17, 15) is 18.3 Å². The zero-order valence-electron chi connectivity index (χ0n) is 17.2. The minimum Gasteiger partial charge on any atom is -0.487 e. The maximum absolute atomic E-state index is 13.3. The van der Waals surface area contributed by atoms with E-state index >= 15 is 0 Å². The zero-order valence-corrected chi connectivity index (χ0v) is 17.9. The van der Waals surface area contributed by atoms with Crippen molar-refractivity contribution in [3.05, 3.63) is 64.7 Å². The van der Waals surface area contributed by atoms with Gasteiger partial charge in [-0.3, -0.25) is 0 Å². The summed E-state index contributed by atoms with van der Waals surface area (Å²) in [6.07, 6.45) is -2.70. The maximum atomic E-state index is 13.3. The van der Waals surface area contributed by atoms with Crippen molar-refractivity contribution in [3.8, 4) is 5.75 Å². The van der Waals surface area contributed by atoms with Crippen LogP contribution in [0.2, 0.25) is 5.02 Å². The van der Waals surface area contributed by atoms with Gasteiger partial charge >= 0.3 is 6.18 Å². The van der Waals surface area contributed by atoms with Gasteiger partial charge in [-0.15, -0.1) is 0 Å². The lowest BCUT2D eigenvalue weighted by Gasteiger charge is -2.40. The summed E-state index contributed by atoms with van der Waals surface area (Å²) in [6, 6.07) is 12.5. The summed E-state index contributed by atoms with van der Waals surface area (Å²) in [5.74, 6) is 0.766. The molecule has 0 saturated carbocycles. The lowest BCUT2D eigenvalue weighted by atomic mass is 9.87. The smallest absolute Gasteiger partial charge is 0.416 e. The molecule has 2 aromatic carbocycles. The minimum absolute atomic E-state index is 0.0783. The van der Waals surface area contributed by atoms with Crippen LogP contribution in [0.1, 0.15) is 44.2 Å². The third kappa shape index (κ3) is 5.68. The number of hydrogen-bond acceptors (Lipinski definition) is 3. The Morgan fingerprint density at radius 1 is 1.03 bits per heavy atom. The van der Waals surface area contributed by atoms with Crippen molar-refractivity contribution >= 4 is 11.6 Å². The molecular formula is C23H27ClF3NO2. The molecule has 7 heteroatoms. The van der Waals surface area contributed by atoms with E-state index in [1.165, 1.54) is 25.1 Å². The molecule has 30 heavy (non-hydrogen) atoms. The van der Waals surface area contributed by atoms with Gasteiger partial charge in [-0.25, -0.2) is 0 Å². The fourth-order valence-electron chi connectivity index (χ4n) is 3.85. The number of aliphatic hydroxyl groups is 1. The van der Waals surface area contributed by atoms with E-state index in [0.29, 0.717) is 11.6 Å². The van der Waals surface area contributed by atoms with Crippen LogP contribution < -0.4 is 4.74 Å². The average molecular weight is 442 g/mol. The molecular weight excluding hydrogens is 415 g/mol. The molecule has 1 unspecified atom stereocenters. The molecule has 164 valence electrons. The fourth-order valence-corrected chi connectivity index (χ4v) is 3.98. The molecule has 0 bridgehead atoms. The van der Waals surface area contributed by atoms with Gasteiger partial charge in [-0.1, -0.05) is 29.8 Å². The fraction of sp³-hybridized carbons (Fsp3) is 0.478. The summed E-state index contributed by atoms with van der Waals surface area (Å²) in [7, 11) is 0. The quantitative estimate of drug-likeness (QED) is 0.606. The Morgan fingerprint density at radius 2 is 1.60 bits per heavy atom. The van der Waals surface area contributed by atoms with Gasteiger partial charge in [0.05, 0.1) is 11.2 Å². The monoisotopic (exact) mass is 441 g/mol. The molecule has 0 amide bonds. The highest BCUT2D eigenvalue weighted by molar-refractivity contribution is 6.30. The SMILES string of the molecule is CC1(Oc2ccc(Cl)cc2)CCN(CCC(C)(O)c2ccccc2C(F)(F)F)CC1. The standard InChI is InChI=1S/C23H27ClF3NO2/c1-21(30-18-9-7-17(24)8-10-18)11-14-28(15-12-21)16-13-22(2,29)19-5-3-4-6-20(19)23(25,26)27/h3-10,29H,11-16H2,1-2H3. The predicted octanol–water partition coefficient (Wildman–Crippen LogP) is 5.89. The second kappa shape index (κ2) is 8.77. The van der Waals surface area contributed by atoms with Crippen LogP contribution in [0, 0.1) is 0 Å². The van der Waals surface area contributed by atoms with Gasteiger partial charge in [0.2, 0.25) is 0 Å². The zero-order chi connectivity index (χ0) is 22.0. The van der Waals surface area contributed by atoms with Crippen LogP contribution in [0.4, 0.5) is 13.2 Å². The van der Waals surface area contributed by atoms with E-state index < -0.39 is 17.3 Å². The van der Waals surface area contributed by atoms with Gasteiger partial charge in [-0.2, -0.15) is 13.2 Å². The molecule has 1 N–H and O–H groups in total. The third-order valence-electron chi connectivity index (χ3n) is 5.82. The van der Waals surface area contributed by atoms with E-state index in [0.717, 1.165) is 37.7 Å². The Balaban J connectivity index is 1.57. The van der Waals surface area contributed by atoms with Crippen LogP contribution in [-0.4, -0.2) is 35.2 Å². The van der Waals surface area contributed by atoms with E-state index in [1.54, 1.807) is 12.1 Å². The first kappa shape index (κ1) is 22.9. The lowest BCUT2D eigenvalue weighted by Crippen LogP contribution is -2.47. The van der Waals surface area contributed by atoms with Gasteiger partial charge in [0, 0.05) is 24.7 Å². The molecule has 0 aromatic heterocycles. The predicted molar refractivity (Wildman–Crippen MR) is 112 cm³/mol. The second-order valence-electron chi connectivity index (χ2n) is 8.41. The Kier molecular flexibility index (Phi) is 6.70. The summed E-state index contributed by atoms with van der Waals surface area (Å²) in [5, 5.41) is 11.5. The number of rotatable bonds is 6. The van der Waals surface area contributed by atoms with Crippen molar-refractivity contribution in [2.45, 2.75) is 50.5 Å². The maximum Gasteiger partial charge on any atom is 0.416 e. The number of halogens is 4. The van der Waals surface area contributed by atoms with Gasteiger partial charge in [0.15, 0.2) is 0 Å². The Morgan fingerprint density at radius 3 is 2.17 bits per heavy atom. The molecule has 0 aliphatic carbocycles. The largest absolute Gasteiger partial charge is 0.487 e. The molecule has 1 atom stereocenters. The van der Waals surface area contributed by atoms with E-state index in [2.05, 4.69) is 11.8 Å². The Bertz CT molecular complexity index is 844. The number of hydrogen-bond donors (Lipinski definition) is 1. The van der Waals surface area contributed by atoms with Crippen LogP contribution in [0.25, 0.3) is 0 Å². The molecule has 0 spiro atoms. The van der Waals surface area contributed by atoms with Gasteiger partial charge in [0.1, 0.15) is 11.4 Å². The molecule has 2 aromatic rings. The van der Waals surface area contributed by atoms with Crippen molar-refractivity contribution in [1.29, 1.82) is 0 Å². The van der Waals surface area contributed by atoms with Crippen LogP contribution in [0.5, 0.6) is 5.75 Å². The number of likely N-dealkylation sites (tertiary alicyclic amines) is 1. The highest BCUT2D eigenvalue weighted by Crippen LogP contribution is 2.38. The molecule has 1 aliphatic rings. The van der Waals surface area contributed by atoms with Gasteiger partial charge in [0.25, 0.3) is 0 Å². The summed E-state index contributed by atoms with van der Waals surface area (Å²) in [6.45, 7) is 5.53. The number of piperidine rings is 1. The van der Waals surface area contributed by atoms with Crippen molar-refractivity contribution in [3.63, 3.8) is 0 Å². The Hall–Kier alpha value is -1.76. The van der Waals surface area contributed by atoms with E-state index in [-0.39, 0.29) is 17.6 Å². The van der Waals surface area contributed by atoms with Gasteiger partial charge in [-0.05, 0) is 69.0 Å². The highest BCUT2D eigenvalue weighted by Gasteiger charge is 2.39. The summed E-state index contributed by atoms with van der Waals surface area (Å²) < 4.78 is 46.1. The van der Waals surface area contributed by atoms with Crippen LogP contribution >= 0.6 is 11.6 Å². The molecule has 1 saturated heterocycles. The molecule has 0 radical (unpaired) electrons.